The lowest BCUT2D eigenvalue weighted by Gasteiger charge is -2.02. The Hall–Kier alpha value is -3.68. The number of benzene rings is 1. The number of fused-ring (bicyclic) bond motifs is 1. The molecule has 3 heterocycles. The van der Waals surface area contributed by atoms with E-state index in [1.807, 2.05) is 6.92 Å². The van der Waals surface area contributed by atoms with Crippen LogP contribution in [0.4, 0.5) is 4.39 Å². The first-order chi connectivity index (χ1) is 12.6. The fourth-order valence-corrected chi connectivity index (χ4v) is 2.52. The van der Waals surface area contributed by atoms with Gasteiger partial charge in [0.1, 0.15) is 17.0 Å². The average molecular weight is 348 g/mol. The number of halogens is 1. The van der Waals surface area contributed by atoms with Crippen molar-refractivity contribution in [2.45, 2.75) is 6.92 Å². The number of nitrogens with zero attached hydrogens (tertiary/aromatic N) is 5. The van der Waals surface area contributed by atoms with Crippen LogP contribution in [0.1, 0.15) is 17.0 Å². The zero-order chi connectivity index (χ0) is 18.1. The van der Waals surface area contributed by atoms with Crippen LogP contribution >= 0.6 is 0 Å². The van der Waals surface area contributed by atoms with Gasteiger partial charge in [-0.05, 0) is 42.3 Å². The molecule has 0 bridgehead atoms. The van der Waals surface area contributed by atoms with Gasteiger partial charge in [-0.1, -0.05) is 12.1 Å². The zero-order valence-corrected chi connectivity index (χ0v) is 13.7. The topological polar surface area (TPSA) is 89.3 Å². The molecule has 0 radical (unpaired) electrons. The molecule has 0 atom stereocenters. The van der Waals surface area contributed by atoms with Gasteiger partial charge in [-0.25, -0.2) is 19.3 Å². The molecule has 1 aromatic carbocycles. The highest BCUT2D eigenvalue weighted by Gasteiger charge is 2.12. The predicted octanol–water partition coefficient (Wildman–Crippen LogP) is 2.52. The van der Waals surface area contributed by atoms with E-state index >= 15 is 0 Å². The number of aromatic nitrogens is 6. The first-order valence-electron chi connectivity index (χ1n) is 7.81. The molecule has 4 aromatic rings. The highest BCUT2D eigenvalue weighted by Crippen LogP contribution is 2.14. The fraction of sp³-hybridized carbons (Fsp3) is 0.0556. The quantitative estimate of drug-likeness (QED) is 0.614. The van der Waals surface area contributed by atoms with Gasteiger partial charge in [-0.3, -0.25) is 4.79 Å². The van der Waals surface area contributed by atoms with Crippen molar-refractivity contribution in [3.05, 3.63) is 76.0 Å². The summed E-state index contributed by atoms with van der Waals surface area (Å²) in [7, 11) is 0. The number of aryl methyl sites for hydroxylation is 1. The zero-order valence-electron chi connectivity index (χ0n) is 13.7. The van der Waals surface area contributed by atoms with Gasteiger partial charge in [-0.15, -0.1) is 0 Å². The van der Waals surface area contributed by atoms with E-state index in [-0.39, 0.29) is 11.4 Å². The summed E-state index contributed by atoms with van der Waals surface area (Å²) in [6.07, 6.45) is 7.89. The normalized spacial score (nSPS) is 11.5. The Morgan fingerprint density at radius 3 is 2.81 bits per heavy atom. The van der Waals surface area contributed by atoms with Gasteiger partial charge < -0.3 is 4.98 Å². The van der Waals surface area contributed by atoms with Crippen molar-refractivity contribution in [3.8, 4) is 5.95 Å². The molecule has 0 fully saturated rings. The second-order valence-corrected chi connectivity index (χ2v) is 5.63. The van der Waals surface area contributed by atoms with Crippen molar-refractivity contribution in [1.82, 2.24) is 29.7 Å². The third-order valence-corrected chi connectivity index (χ3v) is 3.86. The van der Waals surface area contributed by atoms with Crippen LogP contribution in [0.5, 0.6) is 0 Å². The third kappa shape index (κ3) is 2.88. The maximum Gasteiger partial charge on any atom is 0.262 e. The summed E-state index contributed by atoms with van der Waals surface area (Å²) in [5, 5.41) is 4.48. The molecule has 1 N–H and O–H groups in total. The first kappa shape index (κ1) is 15.8. The Morgan fingerprint density at radius 1 is 1.19 bits per heavy atom. The van der Waals surface area contributed by atoms with Crippen LogP contribution in [0.2, 0.25) is 0 Å². The Balaban J connectivity index is 1.80. The Morgan fingerprint density at radius 2 is 2.00 bits per heavy atom. The predicted molar refractivity (Wildman–Crippen MR) is 95.1 cm³/mol. The lowest BCUT2D eigenvalue weighted by Crippen LogP contribution is -2.11. The van der Waals surface area contributed by atoms with Gasteiger partial charge in [0.05, 0.1) is 6.20 Å². The molecule has 0 saturated carbocycles. The largest absolute Gasteiger partial charge is 0.306 e. The van der Waals surface area contributed by atoms with E-state index < -0.39 is 0 Å². The molecule has 3 aromatic heterocycles. The van der Waals surface area contributed by atoms with Crippen LogP contribution in [0, 0.1) is 12.7 Å². The van der Waals surface area contributed by atoms with E-state index in [1.165, 1.54) is 23.0 Å². The van der Waals surface area contributed by atoms with Crippen molar-refractivity contribution in [2.24, 2.45) is 0 Å². The Kier molecular flexibility index (Phi) is 3.85. The van der Waals surface area contributed by atoms with E-state index in [9.17, 15) is 9.18 Å². The lowest BCUT2D eigenvalue weighted by atomic mass is 10.1. The number of hydrogen-bond acceptors (Lipinski definition) is 5. The second kappa shape index (κ2) is 6.32. The standard InChI is InChI=1S/C18H13FN6O/c1-11-3-5-13(19)9-12(11)4-6-15-23-16-14(17(26)24-15)10-22-25(16)18-20-7-2-8-21-18/h2-10H,1H3,(H,23,24,26)/b6-4+. The summed E-state index contributed by atoms with van der Waals surface area (Å²) in [6, 6.07) is 6.20. The van der Waals surface area contributed by atoms with Crippen molar-refractivity contribution in [3.63, 3.8) is 0 Å². The van der Waals surface area contributed by atoms with Crippen molar-refractivity contribution in [2.75, 3.05) is 0 Å². The average Bonchev–Trinajstić information content (AvgIpc) is 3.08. The van der Waals surface area contributed by atoms with Crippen LogP contribution in [0.25, 0.3) is 29.1 Å². The van der Waals surface area contributed by atoms with E-state index in [1.54, 1.807) is 36.7 Å². The fourth-order valence-electron chi connectivity index (χ4n) is 2.52. The summed E-state index contributed by atoms with van der Waals surface area (Å²) in [4.78, 5) is 27.6. The second-order valence-electron chi connectivity index (χ2n) is 5.63. The molecule has 0 saturated heterocycles. The molecule has 0 amide bonds. The number of H-pyrrole nitrogens is 1. The Labute approximate surface area is 146 Å². The molecule has 128 valence electrons. The molecule has 0 aliphatic rings. The van der Waals surface area contributed by atoms with E-state index in [2.05, 4.69) is 25.0 Å². The van der Waals surface area contributed by atoms with Crippen LogP contribution in [-0.4, -0.2) is 29.7 Å². The van der Waals surface area contributed by atoms with E-state index in [0.29, 0.717) is 28.4 Å². The lowest BCUT2D eigenvalue weighted by molar-refractivity contribution is 0.627. The number of rotatable bonds is 3. The minimum absolute atomic E-state index is 0.316. The molecule has 0 aliphatic carbocycles. The maximum atomic E-state index is 13.4. The van der Waals surface area contributed by atoms with Crippen molar-refractivity contribution < 1.29 is 4.39 Å². The summed E-state index contributed by atoms with van der Waals surface area (Å²) >= 11 is 0. The molecule has 0 unspecified atom stereocenters. The van der Waals surface area contributed by atoms with Crippen molar-refractivity contribution >= 4 is 23.2 Å². The molecule has 26 heavy (non-hydrogen) atoms. The summed E-state index contributed by atoms with van der Waals surface area (Å²) in [5.41, 5.74) is 1.63. The van der Waals surface area contributed by atoms with Gasteiger partial charge in [0.2, 0.25) is 0 Å². The van der Waals surface area contributed by atoms with E-state index in [4.69, 9.17) is 0 Å². The minimum atomic E-state index is -0.327. The molecule has 4 rings (SSSR count). The van der Waals surface area contributed by atoms with Gasteiger partial charge >= 0.3 is 0 Å². The maximum absolute atomic E-state index is 13.4. The first-order valence-corrected chi connectivity index (χ1v) is 7.81. The number of aromatic amines is 1. The van der Waals surface area contributed by atoms with Crippen LogP contribution < -0.4 is 5.56 Å². The van der Waals surface area contributed by atoms with Gasteiger partial charge in [0.15, 0.2) is 5.65 Å². The monoisotopic (exact) mass is 348 g/mol. The van der Waals surface area contributed by atoms with Crippen LogP contribution in [-0.2, 0) is 0 Å². The van der Waals surface area contributed by atoms with Gasteiger partial charge in [0, 0.05) is 12.4 Å². The van der Waals surface area contributed by atoms with Gasteiger partial charge in [-0.2, -0.15) is 9.78 Å². The SMILES string of the molecule is Cc1ccc(F)cc1/C=C/c1nc2c(cnn2-c2ncccn2)c(=O)[nH]1. The summed E-state index contributed by atoms with van der Waals surface area (Å²) in [6.45, 7) is 1.88. The molecular formula is C18H13FN6O. The number of nitrogens with one attached hydrogen (secondary N) is 1. The molecule has 8 heteroatoms. The van der Waals surface area contributed by atoms with Gasteiger partial charge in [0.25, 0.3) is 11.5 Å². The highest BCUT2D eigenvalue weighted by atomic mass is 19.1. The highest BCUT2D eigenvalue weighted by molar-refractivity contribution is 5.77. The molecule has 0 spiro atoms. The molecular weight excluding hydrogens is 335 g/mol. The smallest absolute Gasteiger partial charge is 0.262 e. The Bertz CT molecular complexity index is 1180. The minimum Gasteiger partial charge on any atom is -0.306 e. The van der Waals surface area contributed by atoms with Crippen molar-refractivity contribution in [1.29, 1.82) is 0 Å². The molecule has 7 nitrogen and oxygen atoms in total. The molecule has 0 aliphatic heterocycles. The van der Waals surface area contributed by atoms with Crippen LogP contribution in [0.15, 0.2) is 47.7 Å². The third-order valence-electron chi connectivity index (χ3n) is 3.86. The van der Waals surface area contributed by atoms with Crippen LogP contribution in [0.3, 0.4) is 0 Å². The van der Waals surface area contributed by atoms with E-state index in [0.717, 1.165) is 5.56 Å². The summed E-state index contributed by atoms with van der Waals surface area (Å²) in [5.74, 6) is 0.312. The number of hydrogen-bond donors (Lipinski definition) is 1. The summed E-state index contributed by atoms with van der Waals surface area (Å²) < 4.78 is 14.8.